The van der Waals surface area contributed by atoms with Crippen LogP contribution in [0.3, 0.4) is 0 Å². The van der Waals surface area contributed by atoms with Gasteiger partial charge in [-0.1, -0.05) is 41.1 Å². The van der Waals surface area contributed by atoms with Crippen LogP contribution >= 0.6 is 0 Å². The largest absolute Gasteiger partial charge is 0.355 e. The molecule has 0 spiro atoms. The fourth-order valence-electron chi connectivity index (χ4n) is 2.96. The highest BCUT2D eigenvalue weighted by Gasteiger charge is 2.19. The highest BCUT2D eigenvalue weighted by molar-refractivity contribution is 5.98. The monoisotopic (exact) mass is 377 g/mol. The number of aromatic nitrogens is 1. The summed E-state index contributed by atoms with van der Waals surface area (Å²) >= 11 is 0. The van der Waals surface area contributed by atoms with Crippen molar-refractivity contribution in [3.8, 4) is 11.3 Å². The molecule has 6 nitrogen and oxygen atoms in total. The molecule has 1 aromatic heterocycles. The van der Waals surface area contributed by atoms with Gasteiger partial charge in [-0.2, -0.15) is 0 Å². The van der Waals surface area contributed by atoms with E-state index >= 15 is 0 Å². The topological polar surface area (TPSA) is 75.4 Å². The fraction of sp³-hybridized carbons (Fsp3) is 0.227. The molecule has 2 amide bonds. The van der Waals surface area contributed by atoms with Gasteiger partial charge < -0.3 is 14.7 Å². The highest BCUT2D eigenvalue weighted by atomic mass is 16.5. The minimum atomic E-state index is -0.377. The Morgan fingerprint density at radius 3 is 2.25 bits per heavy atom. The molecule has 3 aromatic rings. The summed E-state index contributed by atoms with van der Waals surface area (Å²) in [4.78, 5) is 26.2. The van der Waals surface area contributed by atoms with E-state index in [1.54, 1.807) is 13.1 Å². The number of nitrogens with zero attached hydrogens (tertiary/aromatic N) is 2. The van der Waals surface area contributed by atoms with Crippen molar-refractivity contribution < 1.29 is 14.1 Å². The molecular weight excluding hydrogens is 354 g/mol. The second-order valence-electron chi connectivity index (χ2n) is 7.03. The molecule has 1 heterocycles. The van der Waals surface area contributed by atoms with E-state index in [2.05, 4.69) is 10.5 Å². The zero-order valence-electron chi connectivity index (χ0n) is 16.4. The predicted molar refractivity (Wildman–Crippen MR) is 108 cm³/mol. The Morgan fingerprint density at radius 2 is 1.61 bits per heavy atom. The first-order valence-corrected chi connectivity index (χ1v) is 8.99. The number of rotatable bonds is 5. The second-order valence-corrected chi connectivity index (χ2v) is 7.03. The van der Waals surface area contributed by atoms with Crippen LogP contribution in [0.5, 0.6) is 0 Å². The summed E-state index contributed by atoms with van der Waals surface area (Å²) in [6.45, 7) is 5.85. The normalized spacial score (nSPS) is 10.6. The van der Waals surface area contributed by atoms with Crippen molar-refractivity contribution in [3.63, 3.8) is 0 Å². The van der Waals surface area contributed by atoms with E-state index in [1.807, 2.05) is 63.2 Å². The molecule has 0 radical (unpaired) electrons. The summed E-state index contributed by atoms with van der Waals surface area (Å²) < 4.78 is 5.29. The third kappa shape index (κ3) is 4.65. The van der Waals surface area contributed by atoms with Gasteiger partial charge >= 0.3 is 0 Å². The number of carbonyl (C=O) groups excluding carboxylic acids is 2. The second kappa shape index (κ2) is 8.08. The van der Waals surface area contributed by atoms with Gasteiger partial charge in [-0.05, 0) is 44.0 Å². The zero-order valence-corrected chi connectivity index (χ0v) is 16.4. The van der Waals surface area contributed by atoms with Crippen LogP contribution in [0.15, 0.2) is 53.1 Å². The molecule has 3 rings (SSSR count). The summed E-state index contributed by atoms with van der Waals surface area (Å²) in [6, 6.07) is 15.1. The van der Waals surface area contributed by atoms with E-state index in [-0.39, 0.29) is 24.1 Å². The number of nitrogens with one attached hydrogen (secondary N) is 1. The van der Waals surface area contributed by atoms with Gasteiger partial charge in [0.1, 0.15) is 0 Å². The molecule has 28 heavy (non-hydrogen) atoms. The molecule has 144 valence electrons. The van der Waals surface area contributed by atoms with Gasteiger partial charge in [0, 0.05) is 24.4 Å². The van der Waals surface area contributed by atoms with Crippen molar-refractivity contribution in [2.75, 3.05) is 18.9 Å². The summed E-state index contributed by atoms with van der Waals surface area (Å²) in [5.41, 5.74) is 4.97. The van der Waals surface area contributed by atoms with E-state index in [9.17, 15) is 9.59 Å². The van der Waals surface area contributed by atoms with Gasteiger partial charge in [0.05, 0.1) is 6.54 Å². The molecule has 0 aliphatic heterocycles. The minimum absolute atomic E-state index is 0.0848. The van der Waals surface area contributed by atoms with Crippen molar-refractivity contribution in [1.29, 1.82) is 0 Å². The van der Waals surface area contributed by atoms with Gasteiger partial charge in [0.2, 0.25) is 5.91 Å². The van der Waals surface area contributed by atoms with Crippen LogP contribution in [0.2, 0.25) is 0 Å². The first kappa shape index (κ1) is 19.4. The highest BCUT2D eigenvalue weighted by Crippen LogP contribution is 2.21. The van der Waals surface area contributed by atoms with Crippen LogP contribution in [0, 0.1) is 20.8 Å². The average Bonchev–Trinajstić information content (AvgIpc) is 3.10. The van der Waals surface area contributed by atoms with Gasteiger partial charge in [-0.3, -0.25) is 9.59 Å². The smallest absolute Gasteiger partial charge is 0.276 e. The quantitative estimate of drug-likeness (QED) is 0.730. The molecule has 0 aliphatic carbocycles. The molecule has 2 aromatic carbocycles. The summed E-state index contributed by atoms with van der Waals surface area (Å²) in [5, 5.41) is 6.67. The SMILES string of the molecule is Cc1ccc(-c2cc(C(=O)N(C)CC(=O)Nc3cc(C)cc(C)c3)no2)cc1. The number of anilines is 1. The van der Waals surface area contributed by atoms with Crippen LogP contribution in [0.4, 0.5) is 5.69 Å². The number of benzene rings is 2. The Bertz CT molecular complexity index is 986. The van der Waals surface area contributed by atoms with Crippen molar-refractivity contribution in [2.45, 2.75) is 20.8 Å². The number of carbonyl (C=O) groups is 2. The third-order valence-corrected chi connectivity index (χ3v) is 4.30. The van der Waals surface area contributed by atoms with Crippen molar-refractivity contribution in [2.24, 2.45) is 0 Å². The fourth-order valence-corrected chi connectivity index (χ4v) is 2.96. The number of hydrogen-bond donors (Lipinski definition) is 1. The Labute approximate surface area is 164 Å². The zero-order chi connectivity index (χ0) is 20.3. The third-order valence-electron chi connectivity index (χ3n) is 4.30. The molecule has 0 aliphatic rings. The Kier molecular flexibility index (Phi) is 5.59. The molecule has 6 heteroatoms. The maximum absolute atomic E-state index is 12.6. The minimum Gasteiger partial charge on any atom is -0.355 e. The lowest BCUT2D eigenvalue weighted by Gasteiger charge is -2.15. The van der Waals surface area contributed by atoms with Crippen molar-refractivity contribution in [3.05, 3.63) is 70.9 Å². The molecule has 0 fully saturated rings. The molecule has 0 unspecified atom stereocenters. The Balaban J connectivity index is 1.64. The maximum atomic E-state index is 12.6. The van der Waals surface area contributed by atoms with E-state index in [0.29, 0.717) is 11.4 Å². The van der Waals surface area contributed by atoms with E-state index in [0.717, 1.165) is 22.3 Å². The van der Waals surface area contributed by atoms with Crippen molar-refractivity contribution >= 4 is 17.5 Å². The predicted octanol–water partition coefficient (Wildman–Crippen LogP) is 3.98. The molecule has 0 saturated carbocycles. The van der Waals surface area contributed by atoms with E-state index < -0.39 is 0 Å². The first-order chi connectivity index (χ1) is 13.3. The lowest BCUT2D eigenvalue weighted by Crippen LogP contribution is -2.35. The number of aryl methyl sites for hydroxylation is 3. The molecule has 0 bridgehead atoms. The number of amides is 2. The number of hydrogen-bond acceptors (Lipinski definition) is 4. The standard InChI is InChI=1S/C22H23N3O3/c1-14-5-7-17(8-6-14)20-12-19(24-28-20)22(27)25(4)13-21(26)23-18-10-15(2)9-16(3)11-18/h5-12H,13H2,1-4H3,(H,23,26). The van der Waals surface area contributed by atoms with Crippen LogP contribution in [0.25, 0.3) is 11.3 Å². The van der Waals surface area contributed by atoms with Crippen molar-refractivity contribution in [1.82, 2.24) is 10.1 Å². The van der Waals surface area contributed by atoms with Crippen LogP contribution < -0.4 is 5.32 Å². The van der Waals surface area contributed by atoms with Crippen LogP contribution in [-0.4, -0.2) is 35.5 Å². The van der Waals surface area contributed by atoms with E-state index in [4.69, 9.17) is 4.52 Å². The Morgan fingerprint density at radius 1 is 0.964 bits per heavy atom. The van der Waals surface area contributed by atoms with Crippen LogP contribution in [-0.2, 0) is 4.79 Å². The lowest BCUT2D eigenvalue weighted by atomic mass is 10.1. The van der Waals surface area contributed by atoms with Gasteiger partial charge in [-0.15, -0.1) is 0 Å². The van der Waals surface area contributed by atoms with Crippen LogP contribution in [0.1, 0.15) is 27.2 Å². The van der Waals surface area contributed by atoms with E-state index in [1.165, 1.54) is 4.90 Å². The lowest BCUT2D eigenvalue weighted by molar-refractivity contribution is -0.116. The summed E-state index contributed by atoms with van der Waals surface area (Å²) in [7, 11) is 1.56. The molecule has 1 N–H and O–H groups in total. The van der Waals surface area contributed by atoms with Gasteiger partial charge in [0.25, 0.3) is 5.91 Å². The summed E-state index contributed by atoms with van der Waals surface area (Å²) in [6.07, 6.45) is 0. The van der Waals surface area contributed by atoms with Gasteiger partial charge in [-0.25, -0.2) is 0 Å². The summed E-state index contributed by atoms with van der Waals surface area (Å²) in [5.74, 6) is -0.141. The first-order valence-electron chi connectivity index (χ1n) is 8.99. The molecule has 0 atom stereocenters. The number of likely N-dealkylation sites (N-methyl/N-ethyl adjacent to an activating group) is 1. The molecular formula is C22H23N3O3. The molecule has 0 saturated heterocycles. The Hall–Kier alpha value is -3.41. The maximum Gasteiger partial charge on any atom is 0.276 e. The van der Waals surface area contributed by atoms with Gasteiger partial charge in [0.15, 0.2) is 11.5 Å². The average molecular weight is 377 g/mol.